The number of alkyl halides is 3. The van der Waals surface area contributed by atoms with Gasteiger partial charge < -0.3 is 15.8 Å². The van der Waals surface area contributed by atoms with E-state index in [1.807, 2.05) is 20.8 Å². The molecule has 1 saturated carbocycles. The summed E-state index contributed by atoms with van der Waals surface area (Å²) in [6.45, 7) is 6.59. The monoisotopic (exact) mass is 303 g/mol. The Morgan fingerprint density at radius 2 is 2.14 bits per heavy atom. The van der Waals surface area contributed by atoms with Crippen LogP contribution in [0.25, 0.3) is 0 Å². The van der Waals surface area contributed by atoms with Crippen molar-refractivity contribution in [1.29, 1.82) is 0 Å². The Hall–Kier alpha value is -1.50. The van der Waals surface area contributed by atoms with Crippen LogP contribution >= 0.6 is 0 Å². The number of anilines is 2. The van der Waals surface area contributed by atoms with Gasteiger partial charge in [-0.05, 0) is 19.4 Å². The van der Waals surface area contributed by atoms with E-state index in [9.17, 15) is 13.2 Å². The SMILES string of the molecule is CCOC1CC(Nc2cc(C(F)(F)F)ncc2N)C1(C)C. The number of hydrogen-bond donors (Lipinski definition) is 2. The second-order valence-corrected chi connectivity index (χ2v) is 5.85. The normalized spacial score (nSPS) is 24.5. The molecule has 0 spiro atoms. The largest absolute Gasteiger partial charge is 0.433 e. The molecule has 1 fully saturated rings. The quantitative estimate of drug-likeness (QED) is 0.896. The number of hydrogen-bond acceptors (Lipinski definition) is 4. The molecule has 0 amide bonds. The Bertz CT molecular complexity index is 517. The zero-order chi connectivity index (χ0) is 15.8. The standard InChI is InChI=1S/C14H20F3N3O/c1-4-21-12-6-10(13(12,2)3)20-9-5-11(14(15,16)17)19-7-8(9)18/h5,7,10,12H,4,6,18H2,1-3H3,(H,19,20). The highest BCUT2D eigenvalue weighted by Gasteiger charge is 2.49. The number of nitrogen functional groups attached to an aromatic ring is 1. The lowest BCUT2D eigenvalue weighted by Gasteiger charge is -2.52. The predicted molar refractivity (Wildman–Crippen MR) is 74.9 cm³/mol. The molecule has 3 N–H and O–H groups in total. The minimum absolute atomic E-state index is 0.0137. The van der Waals surface area contributed by atoms with Gasteiger partial charge in [-0.15, -0.1) is 0 Å². The van der Waals surface area contributed by atoms with E-state index in [4.69, 9.17) is 10.5 Å². The maximum atomic E-state index is 12.7. The Morgan fingerprint density at radius 1 is 1.48 bits per heavy atom. The van der Waals surface area contributed by atoms with Gasteiger partial charge in [0.1, 0.15) is 5.69 Å². The van der Waals surface area contributed by atoms with Crippen LogP contribution in [0.15, 0.2) is 12.3 Å². The zero-order valence-corrected chi connectivity index (χ0v) is 12.3. The molecular weight excluding hydrogens is 283 g/mol. The highest BCUT2D eigenvalue weighted by atomic mass is 19.4. The first kappa shape index (κ1) is 15.9. The molecule has 21 heavy (non-hydrogen) atoms. The second kappa shape index (κ2) is 5.36. The molecular formula is C14H20F3N3O. The Labute approximate surface area is 121 Å². The van der Waals surface area contributed by atoms with Gasteiger partial charge in [0.15, 0.2) is 0 Å². The van der Waals surface area contributed by atoms with Crippen molar-refractivity contribution < 1.29 is 17.9 Å². The summed E-state index contributed by atoms with van der Waals surface area (Å²) in [5, 5.41) is 3.09. The topological polar surface area (TPSA) is 60.2 Å². The molecule has 2 unspecified atom stereocenters. The lowest BCUT2D eigenvalue weighted by Crippen LogP contribution is -2.58. The van der Waals surface area contributed by atoms with Gasteiger partial charge in [0.2, 0.25) is 0 Å². The fourth-order valence-electron chi connectivity index (χ4n) is 2.55. The van der Waals surface area contributed by atoms with Crippen LogP contribution in [0, 0.1) is 5.41 Å². The average molecular weight is 303 g/mol. The molecule has 0 radical (unpaired) electrons. The summed E-state index contributed by atoms with van der Waals surface area (Å²) in [4.78, 5) is 3.33. The van der Waals surface area contributed by atoms with Gasteiger partial charge >= 0.3 is 6.18 Å². The number of rotatable bonds is 4. The summed E-state index contributed by atoms with van der Waals surface area (Å²) >= 11 is 0. The minimum Gasteiger partial charge on any atom is -0.396 e. The first-order chi connectivity index (χ1) is 9.66. The van der Waals surface area contributed by atoms with Crippen molar-refractivity contribution in [2.45, 2.75) is 45.5 Å². The van der Waals surface area contributed by atoms with Crippen molar-refractivity contribution >= 4 is 11.4 Å². The molecule has 4 nitrogen and oxygen atoms in total. The van der Waals surface area contributed by atoms with Crippen molar-refractivity contribution in [3.63, 3.8) is 0 Å². The molecule has 0 saturated heterocycles. The number of aromatic nitrogens is 1. The van der Waals surface area contributed by atoms with Gasteiger partial charge in [-0.2, -0.15) is 13.2 Å². The van der Waals surface area contributed by atoms with Gasteiger partial charge in [0, 0.05) is 18.1 Å². The maximum absolute atomic E-state index is 12.7. The molecule has 118 valence electrons. The van der Waals surface area contributed by atoms with E-state index in [1.54, 1.807) is 0 Å². The summed E-state index contributed by atoms with van der Waals surface area (Å²) in [6.07, 6.45) is -2.60. The molecule has 7 heteroatoms. The van der Waals surface area contributed by atoms with E-state index in [0.29, 0.717) is 6.61 Å². The van der Waals surface area contributed by atoms with E-state index >= 15 is 0 Å². The van der Waals surface area contributed by atoms with E-state index in [0.717, 1.165) is 18.7 Å². The third-order valence-corrected chi connectivity index (χ3v) is 4.10. The molecule has 0 aromatic carbocycles. The average Bonchev–Trinajstić information content (AvgIpc) is 2.38. The number of nitrogens with zero attached hydrogens (tertiary/aromatic N) is 1. The zero-order valence-electron chi connectivity index (χ0n) is 12.3. The fourth-order valence-corrected chi connectivity index (χ4v) is 2.55. The molecule has 1 aliphatic carbocycles. The van der Waals surface area contributed by atoms with Gasteiger partial charge in [0.25, 0.3) is 0 Å². The van der Waals surface area contributed by atoms with Crippen LogP contribution in [0.3, 0.4) is 0 Å². The third kappa shape index (κ3) is 3.07. The van der Waals surface area contributed by atoms with Crippen LogP contribution in [-0.4, -0.2) is 23.7 Å². The Morgan fingerprint density at radius 3 is 2.67 bits per heavy atom. The molecule has 0 aliphatic heterocycles. The minimum atomic E-state index is -4.48. The van der Waals surface area contributed by atoms with E-state index in [-0.39, 0.29) is 28.9 Å². The fraction of sp³-hybridized carbons (Fsp3) is 0.643. The maximum Gasteiger partial charge on any atom is 0.433 e. The second-order valence-electron chi connectivity index (χ2n) is 5.85. The summed E-state index contributed by atoms with van der Waals surface area (Å²) in [5.74, 6) is 0. The first-order valence-electron chi connectivity index (χ1n) is 6.87. The summed E-state index contributed by atoms with van der Waals surface area (Å²) in [6, 6.07) is 0.971. The lowest BCUT2D eigenvalue weighted by molar-refractivity contribution is -0.141. The van der Waals surface area contributed by atoms with Gasteiger partial charge in [-0.25, -0.2) is 4.98 Å². The van der Waals surface area contributed by atoms with Gasteiger partial charge in [-0.1, -0.05) is 13.8 Å². The number of nitrogens with one attached hydrogen (secondary N) is 1. The third-order valence-electron chi connectivity index (χ3n) is 4.10. The number of halogens is 3. The Kier molecular flexibility index (Phi) is 4.06. The number of ether oxygens (including phenoxy) is 1. The number of pyridine rings is 1. The molecule has 1 aliphatic rings. The van der Waals surface area contributed by atoms with Gasteiger partial charge in [-0.3, -0.25) is 0 Å². The smallest absolute Gasteiger partial charge is 0.396 e. The number of nitrogens with two attached hydrogens (primary N) is 1. The van der Waals surface area contributed by atoms with Crippen molar-refractivity contribution in [3.05, 3.63) is 18.0 Å². The van der Waals surface area contributed by atoms with E-state index < -0.39 is 11.9 Å². The first-order valence-corrected chi connectivity index (χ1v) is 6.87. The predicted octanol–water partition coefficient (Wildman–Crippen LogP) is 3.30. The van der Waals surface area contributed by atoms with Crippen molar-refractivity contribution in [1.82, 2.24) is 4.98 Å². The van der Waals surface area contributed by atoms with Crippen molar-refractivity contribution in [2.75, 3.05) is 17.7 Å². The van der Waals surface area contributed by atoms with Crippen molar-refractivity contribution in [2.24, 2.45) is 5.41 Å². The highest BCUT2D eigenvalue weighted by Crippen LogP contribution is 2.45. The summed E-state index contributed by atoms with van der Waals surface area (Å²) in [7, 11) is 0. The van der Waals surface area contributed by atoms with Crippen LogP contribution in [0.4, 0.5) is 24.5 Å². The van der Waals surface area contributed by atoms with E-state index in [1.165, 1.54) is 0 Å². The molecule has 1 aromatic heterocycles. The van der Waals surface area contributed by atoms with Crippen LogP contribution in [-0.2, 0) is 10.9 Å². The highest BCUT2D eigenvalue weighted by molar-refractivity contribution is 5.66. The van der Waals surface area contributed by atoms with Crippen LogP contribution in [0.5, 0.6) is 0 Å². The van der Waals surface area contributed by atoms with E-state index in [2.05, 4.69) is 10.3 Å². The van der Waals surface area contributed by atoms with Crippen molar-refractivity contribution in [3.8, 4) is 0 Å². The molecule has 1 heterocycles. The van der Waals surface area contributed by atoms with Crippen LogP contribution in [0.2, 0.25) is 0 Å². The Balaban J connectivity index is 2.14. The van der Waals surface area contributed by atoms with Crippen LogP contribution < -0.4 is 11.1 Å². The lowest BCUT2D eigenvalue weighted by atomic mass is 9.64. The molecule has 1 aromatic rings. The summed E-state index contributed by atoms with van der Waals surface area (Å²) < 4.78 is 43.7. The van der Waals surface area contributed by atoms with Gasteiger partial charge in [0.05, 0.1) is 23.7 Å². The summed E-state index contributed by atoms with van der Waals surface area (Å²) in [5.41, 5.74) is 5.08. The molecule has 0 bridgehead atoms. The molecule has 2 atom stereocenters. The molecule has 2 rings (SSSR count). The van der Waals surface area contributed by atoms with Crippen LogP contribution in [0.1, 0.15) is 32.9 Å².